The van der Waals surface area contributed by atoms with Crippen molar-refractivity contribution in [2.45, 2.75) is 39.3 Å². The third-order valence-corrected chi connectivity index (χ3v) is 6.53. The van der Waals surface area contributed by atoms with Crippen molar-refractivity contribution >= 4 is 44.6 Å². The van der Waals surface area contributed by atoms with Gasteiger partial charge in [-0.2, -0.15) is 0 Å². The molecular formula is C19H22OS2Si2. The van der Waals surface area contributed by atoms with Gasteiger partial charge in [-0.1, -0.05) is 51.1 Å². The third-order valence-electron chi connectivity index (χ3n) is 2.78. The molecule has 0 unspecified atom stereocenters. The Morgan fingerprint density at radius 3 is 1.46 bits per heavy atom. The first-order valence-corrected chi connectivity index (χ1v) is 16.5. The van der Waals surface area contributed by atoms with Gasteiger partial charge in [-0.05, 0) is 24.3 Å². The van der Waals surface area contributed by atoms with Crippen LogP contribution in [0.4, 0.5) is 0 Å². The smallest absolute Gasteiger partial charge is 0.212 e. The molecule has 24 heavy (non-hydrogen) atoms. The van der Waals surface area contributed by atoms with E-state index < -0.39 is 16.1 Å². The normalized spacial score (nSPS) is 11.2. The molecule has 0 aliphatic carbocycles. The Hall–Kier alpha value is -1.38. The van der Waals surface area contributed by atoms with Crippen molar-refractivity contribution in [3.63, 3.8) is 0 Å². The zero-order valence-corrected chi connectivity index (χ0v) is 18.7. The highest BCUT2D eigenvalue weighted by molar-refractivity contribution is 7.18. The van der Waals surface area contributed by atoms with Gasteiger partial charge in [0.15, 0.2) is 0 Å². The Balaban J connectivity index is 2.18. The summed E-state index contributed by atoms with van der Waals surface area (Å²) < 4.78 is 0. The molecule has 2 aromatic heterocycles. The minimum atomic E-state index is -1.39. The molecule has 5 heteroatoms. The van der Waals surface area contributed by atoms with Crippen LogP contribution < -0.4 is 0 Å². The number of hydrogen-bond donors (Lipinski definition) is 0. The molecule has 0 aliphatic rings. The van der Waals surface area contributed by atoms with Gasteiger partial charge in [0.1, 0.15) is 16.1 Å². The molecule has 0 amide bonds. The first kappa shape index (κ1) is 19.0. The summed E-state index contributed by atoms with van der Waals surface area (Å²) in [7, 11) is -2.78. The number of rotatable bonds is 2. The van der Waals surface area contributed by atoms with E-state index in [0.717, 1.165) is 19.5 Å². The van der Waals surface area contributed by atoms with Crippen molar-refractivity contribution in [2.24, 2.45) is 0 Å². The number of carbonyl (C=O) groups is 1. The lowest BCUT2D eigenvalue weighted by molar-refractivity contribution is 0.104. The number of carbonyl (C=O) groups excluding carboxylic acids is 1. The molecule has 0 fully saturated rings. The minimum Gasteiger partial charge on any atom is -0.287 e. The van der Waals surface area contributed by atoms with Crippen molar-refractivity contribution in [1.82, 2.24) is 0 Å². The SMILES string of the molecule is C[Si](C)(C)C#Cc1ccc(C(=O)c2ccc(C#C[Si](C)(C)C)s2)s1. The quantitative estimate of drug-likeness (QED) is 0.378. The number of ketones is 1. The zero-order valence-electron chi connectivity index (χ0n) is 15.0. The van der Waals surface area contributed by atoms with Crippen LogP contribution in [0.1, 0.15) is 24.3 Å². The second kappa shape index (κ2) is 7.25. The zero-order chi connectivity index (χ0) is 18.0. The van der Waals surface area contributed by atoms with Gasteiger partial charge in [0.2, 0.25) is 5.78 Å². The van der Waals surface area contributed by atoms with Crippen LogP contribution in [0.15, 0.2) is 24.3 Å². The summed E-state index contributed by atoms with van der Waals surface area (Å²) in [5, 5.41) is 0. The maximum atomic E-state index is 12.6. The lowest BCUT2D eigenvalue weighted by Gasteiger charge is -2.02. The van der Waals surface area contributed by atoms with Crippen LogP contribution in [0.25, 0.3) is 0 Å². The molecule has 0 aliphatic heterocycles. The maximum Gasteiger partial charge on any atom is 0.212 e. The molecule has 0 atom stereocenters. The molecule has 0 radical (unpaired) electrons. The van der Waals surface area contributed by atoms with Crippen LogP contribution >= 0.6 is 22.7 Å². The standard InChI is InChI=1S/C19H22OS2Si2/c1-23(2,3)13-11-15-7-9-17(21-15)19(20)18-10-8-16(22-18)12-14-24(4,5)6/h7-10H,1-6H3. The molecule has 2 heterocycles. The van der Waals surface area contributed by atoms with Gasteiger partial charge in [0.25, 0.3) is 0 Å². The minimum absolute atomic E-state index is 0.0760. The van der Waals surface area contributed by atoms with E-state index in [9.17, 15) is 4.79 Å². The molecule has 2 rings (SSSR count). The van der Waals surface area contributed by atoms with E-state index in [1.165, 1.54) is 22.7 Å². The molecule has 0 aromatic carbocycles. The fourth-order valence-corrected chi connectivity index (χ4v) is 4.57. The summed E-state index contributed by atoms with van der Waals surface area (Å²) in [6.45, 7) is 13.3. The largest absolute Gasteiger partial charge is 0.287 e. The van der Waals surface area contributed by atoms with Crippen LogP contribution in [-0.2, 0) is 0 Å². The Morgan fingerprint density at radius 2 is 1.12 bits per heavy atom. The Labute approximate surface area is 155 Å². The lowest BCUT2D eigenvalue weighted by atomic mass is 10.2. The van der Waals surface area contributed by atoms with Crippen molar-refractivity contribution < 1.29 is 4.79 Å². The van der Waals surface area contributed by atoms with Gasteiger partial charge in [-0.25, -0.2) is 0 Å². The maximum absolute atomic E-state index is 12.6. The summed E-state index contributed by atoms with van der Waals surface area (Å²) in [6, 6.07) is 7.66. The first-order valence-electron chi connectivity index (χ1n) is 7.84. The molecule has 0 spiro atoms. The van der Waals surface area contributed by atoms with Gasteiger partial charge >= 0.3 is 0 Å². The third kappa shape index (κ3) is 5.92. The second-order valence-corrected chi connectivity index (χ2v) is 19.3. The molecule has 0 bridgehead atoms. The predicted octanol–water partition coefficient (Wildman–Crippen LogP) is 5.50. The van der Waals surface area contributed by atoms with Gasteiger partial charge in [-0.3, -0.25) is 4.79 Å². The monoisotopic (exact) mass is 386 g/mol. The van der Waals surface area contributed by atoms with Crippen molar-refractivity contribution in [3.05, 3.63) is 43.8 Å². The van der Waals surface area contributed by atoms with E-state index >= 15 is 0 Å². The van der Waals surface area contributed by atoms with Gasteiger partial charge in [0, 0.05) is 0 Å². The fourth-order valence-electron chi connectivity index (χ4n) is 1.67. The van der Waals surface area contributed by atoms with E-state index in [-0.39, 0.29) is 5.78 Å². The predicted molar refractivity (Wildman–Crippen MR) is 113 cm³/mol. The van der Waals surface area contributed by atoms with E-state index in [0.29, 0.717) is 0 Å². The summed E-state index contributed by atoms with van der Waals surface area (Å²) >= 11 is 2.96. The van der Waals surface area contributed by atoms with Crippen LogP contribution in [0.5, 0.6) is 0 Å². The molecular weight excluding hydrogens is 365 g/mol. The second-order valence-electron chi connectivity index (χ2n) is 7.66. The molecule has 1 nitrogen and oxygen atoms in total. The summed E-state index contributed by atoms with van der Waals surface area (Å²) in [5.74, 6) is 6.51. The average molecular weight is 387 g/mol. The highest BCUT2D eigenvalue weighted by Crippen LogP contribution is 2.24. The van der Waals surface area contributed by atoms with E-state index in [4.69, 9.17) is 0 Å². The van der Waals surface area contributed by atoms with E-state index in [1.54, 1.807) is 0 Å². The number of hydrogen-bond acceptors (Lipinski definition) is 3. The molecule has 0 saturated carbocycles. The van der Waals surface area contributed by atoms with Crippen LogP contribution in [0, 0.1) is 22.9 Å². The van der Waals surface area contributed by atoms with Crippen molar-refractivity contribution in [3.8, 4) is 22.9 Å². The van der Waals surface area contributed by atoms with Crippen molar-refractivity contribution in [1.29, 1.82) is 0 Å². The summed E-state index contributed by atoms with van der Waals surface area (Å²) in [6.07, 6.45) is 0. The first-order chi connectivity index (χ1) is 11.0. The average Bonchev–Trinajstić information content (AvgIpc) is 3.10. The highest BCUT2D eigenvalue weighted by atomic mass is 32.1. The Morgan fingerprint density at radius 1 is 0.750 bits per heavy atom. The molecule has 2 aromatic rings. The van der Waals surface area contributed by atoms with Crippen LogP contribution in [-0.4, -0.2) is 21.9 Å². The Bertz CT molecular complexity index is 796. The fraction of sp³-hybridized carbons (Fsp3) is 0.316. The van der Waals surface area contributed by atoms with Gasteiger partial charge in [-0.15, -0.1) is 33.8 Å². The molecule has 0 N–H and O–H groups in total. The Kier molecular flexibility index (Phi) is 5.72. The molecule has 124 valence electrons. The van der Waals surface area contributed by atoms with Gasteiger partial charge < -0.3 is 0 Å². The van der Waals surface area contributed by atoms with Crippen LogP contribution in [0.2, 0.25) is 39.3 Å². The topological polar surface area (TPSA) is 17.1 Å². The summed E-state index contributed by atoms with van der Waals surface area (Å²) in [4.78, 5) is 16.1. The van der Waals surface area contributed by atoms with Crippen LogP contribution in [0.3, 0.4) is 0 Å². The van der Waals surface area contributed by atoms with Gasteiger partial charge in [0.05, 0.1) is 19.5 Å². The number of thiophene rings is 2. The van der Waals surface area contributed by atoms with E-state index in [1.807, 2.05) is 24.3 Å². The highest BCUT2D eigenvalue weighted by Gasteiger charge is 2.15. The van der Waals surface area contributed by atoms with Crippen molar-refractivity contribution in [2.75, 3.05) is 0 Å². The summed E-state index contributed by atoms with van der Waals surface area (Å²) in [5.41, 5.74) is 6.68. The molecule has 0 saturated heterocycles. The van der Waals surface area contributed by atoms with E-state index in [2.05, 4.69) is 62.2 Å². The lowest BCUT2D eigenvalue weighted by Crippen LogP contribution is -2.16.